The minimum atomic E-state index is -2.88. The molecule has 0 N–H and O–H groups in total. The first-order chi connectivity index (χ1) is 12.4. The number of amides is 1. The van der Waals surface area contributed by atoms with Crippen molar-refractivity contribution in [3.05, 3.63) is 36.3 Å². The van der Waals surface area contributed by atoms with Gasteiger partial charge in [-0.25, -0.2) is 8.42 Å². The SMILES string of the molecule is Cn1ncc(C(=O)N2CCN(C3CCS(=O)(=O)C3)CC2)c1-n1cccc1. The third-order valence-corrected chi connectivity index (χ3v) is 7.06. The Morgan fingerprint density at radius 2 is 1.85 bits per heavy atom. The van der Waals surface area contributed by atoms with Gasteiger partial charge >= 0.3 is 0 Å². The number of hydrogen-bond acceptors (Lipinski definition) is 5. The topological polar surface area (TPSA) is 80.4 Å². The number of hydrogen-bond donors (Lipinski definition) is 0. The summed E-state index contributed by atoms with van der Waals surface area (Å²) >= 11 is 0. The predicted octanol–water partition coefficient (Wildman–Crippen LogP) is 0.156. The molecule has 2 saturated heterocycles. The summed E-state index contributed by atoms with van der Waals surface area (Å²) in [4.78, 5) is 17.1. The molecule has 4 heterocycles. The molecule has 0 bridgehead atoms. The van der Waals surface area contributed by atoms with Crippen molar-refractivity contribution in [2.45, 2.75) is 12.5 Å². The van der Waals surface area contributed by atoms with E-state index < -0.39 is 9.84 Å². The Morgan fingerprint density at radius 1 is 1.15 bits per heavy atom. The standard InChI is InChI=1S/C17H23N5O3S/c1-19-16(21-5-2-3-6-21)15(12-18-19)17(23)22-9-7-20(8-10-22)14-4-11-26(24,25)13-14/h2-3,5-6,12,14H,4,7-11,13H2,1H3. The highest BCUT2D eigenvalue weighted by molar-refractivity contribution is 7.91. The van der Waals surface area contributed by atoms with Gasteiger partial charge in [0.05, 0.1) is 17.7 Å². The molecule has 0 aromatic carbocycles. The molecule has 2 fully saturated rings. The van der Waals surface area contributed by atoms with Gasteiger partial charge in [-0.15, -0.1) is 0 Å². The smallest absolute Gasteiger partial charge is 0.259 e. The third kappa shape index (κ3) is 3.16. The maximum Gasteiger partial charge on any atom is 0.259 e. The molecule has 2 aromatic heterocycles. The average Bonchev–Trinajstić information content (AvgIpc) is 3.34. The number of rotatable bonds is 3. The van der Waals surface area contributed by atoms with Gasteiger partial charge in [-0.1, -0.05) is 0 Å². The first-order valence-electron chi connectivity index (χ1n) is 8.84. The van der Waals surface area contributed by atoms with E-state index in [9.17, 15) is 13.2 Å². The van der Waals surface area contributed by atoms with Crippen molar-refractivity contribution in [1.82, 2.24) is 24.1 Å². The Bertz CT molecular complexity index is 895. The van der Waals surface area contributed by atoms with Gasteiger partial charge in [0.1, 0.15) is 11.4 Å². The van der Waals surface area contributed by atoms with Crippen molar-refractivity contribution >= 4 is 15.7 Å². The highest BCUT2D eigenvalue weighted by Crippen LogP contribution is 2.21. The van der Waals surface area contributed by atoms with Crippen molar-refractivity contribution < 1.29 is 13.2 Å². The summed E-state index contributed by atoms with van der Waals surface area (Å²) in [5, 5.41) is 4.25. The second-order valence-electron chi connectivity index (χ2n) is 6.98. The van der Waals surface area contributed by atoms with Crippen LogP contribution in [0.3, 0.4) is 0 Å². The lowest BCUT2D eigenvalue weighted by Gasteiger charge is -2.37. The molecule has 26 heavy (non-hydrogen) atoms. The van der Waals surface area contributed by atoms with Gasteiger partial charge in [0, 0.05) is 51.7 Å². The van der Waals surface area contributed by atoms with Crippen LogP contribution in [0.15, 0.2) is 30.7 Å². The van der Waals surface area contributed by atoms with Gasteiger partial charge in [0.2, 0.25) is 0 Å². The van der Waals surface area contributed by atoms with Crippen LogP contribution in [0.25, 0.3) is 5.82 Å². The predicted molar refractivity (Wildman–Crippen MR) is 97.1 cm³/mol. The van der Waals surface area contributed by atoms with E-state index in [4.69, 9.17) is 0 Å². The Balaban J connectivity index is 1.45. The normalized spacial score (nSPS) is 23.4. The van der Waals surface area contributed by atoms with Crippen LogP contribution in [-0.4, -0.2) is 82.2 Å². The summed E-state index contributed by atoms with van der Waals surface area (Å²) in [6, 6.07) is 3.93. The molecular formula is C17H23N5O3S. The highest BCUT2D eigenvalue weighted by atomic mass is 32.2. The van der Waals surface area contributed by atoms with E-state index >= 15 is 0 Å². The van der Waals surface area contributed by atoms with Crippen LogP contribution in [-0.2, 0) is 16.9 Å². The first kappa shape index (κ1) is 17.3. The number of sulfone groups is 1. The second-order valence-corrected chi connectivity index (χ2v) is 9.21. The summed E-state index contributed by atoms with van der Waals surface area (Å²) in [5.74, 6) is 1.26. The van der Waals surface area contributed by atoms with E-state index in [-0.39, 0.29) is 23.5 Å². The summed E-state index contributed by atoms with van der Waals surface area (Å²) in [7, 11) is -1.06. The fourth-order valence-electron chi connectivity index (χ4n) is 3.89. The van der Waals surface area contributed by atoms with Crippen LogP contribution in [0.2, 0.25) is 0 Å². The number of aromatic nitrogens is 3. The molecule has 0 aliphatic carbocycles. The van der Waals surface area contributed by atoms with E-state index in [0.717, 1.165) is 5.82 Å². The molecule has 1 amide bonds. The number of carbonyl (C=O) groups excluding carboxylic acids is 1. The summed E-state index contributed by atoms with van der Waals surface area (Å²) in [6.45, 7) is 2.64. The van der Waals surface area contributed by atoms with Gasteiger partial charge in [-0.3, -0.25) is 14.4 Å². The molecule has 1 unspecified atom stereocenters. The van der Waals surface area contributed by atoms with Crippen LogP contribution >= 0.6 is 0 Å². The number of nitrogens with zero attached hydrogens (tertiary/aromatic N) is 5. The molecule has 0 saturated carbocycles. The summed E-state index contributed by atoms with van der Waals surface area (Å²) in [6.07, 6.45) is 6.11. The zero-order valence-electron chi connectivity index (χ0n) is 14.8. The molecule has 0 radical (unpaired) electrons. The number of piperazine rings is 1. The molecule has 140 valence electrons. The summed E-state index contributed by atoms with van der Waals surface area (Å²) in [5.41, 5.74) is 0.584. The zero-order valence-corrected chi connectivity index (χ0v) is 15.6. The van der Waals surface area contributed by atoms with E-state index in [1.54, 1.807) is 10.9 Å². The minimum Gasteiger partial charge on any atom is -0.336 e. The molecule has 2 aromatic rings. The Morgan fingerprint density at radius 3 is 2.46 bits per heavy atom. The van der Waals surface area contributed by atoms with Crippen molar-refractivity contribution in [2.24, 2.45) is 7.05 Å². The molecule has 4 rings (SSSR count). The fourth-order valence-corrected chi connectivity index (χ4v) is 5.65. The van der Waals surface area contributed by atoms with Crippen LogP contribution in [0.5, 0.6) is 0 Å². The van der Waals surface area contributed by atoms with Crippen LogP contribution in [0.4, 0.5) is 0 Å². The van der Waals surface area contributed by atoms with E-state index in [2.05, 4.69) is 10.00 Å². The van der Waals surface area contributed by atoms with Crippen molar-refractivity contribution in [3.63, 3.8) is 0 Å². The van der Waals surface area contributed by atoms with Crippen LogP contribution in [0.1, 0.15) is 16.8 Å². The maximum absolute atomic E-state index is 13.0. The molecule has 8 nitrogen and oxygen atoms in total. The van der Waals surface area contributed by atoms with Crippen molar-refractivity contribution in [2.75, 3.05) is 37.7 Å². The van der Waals surface area contributed by atoms with Crippen LogP contribution in [0, 0.1) is 0 Å². The van der Waals surface area contributed by atoms with E-state index in [0.29, 0.717) is 38.2 Å². The third-order valence-electron chi connectivity index (χ3n) is 5.31. The molecule has 2 aliphatic heterocycles. The highest BCUT2D eigenvalue weighted by Gasteiger charge is 2.35. The zero-order chi connectivity index (χ0) is 18.3. The lowest BCUT2D eigenvalue weighted by Crippen LogP contribution is -2.52. The molecule has 2 aliphatic rings. The van der Waals surface area contributed by atoms with Gasteiger partial charge < -0.3 is 9.47 Å². The van der Waals surface area contributed by atoms with Crippen molar-refractivity contribution in [3.8, 4) is 5.82 Å². The molecule has 0 spiro atoms. The molecule has 9 heteroatoms. The summed E-state index contributed by atoms with van der Waals surface area (Å²) < 4.78 is 27.0. The quantitative estimate of drug-likeness (QED) is 0.761. The Kier molecular flexibility index (Phi) is 4.36. The van der Waals surface area contributed by atoms with E-state index in [1.165, 1.54) is 0 Å². The second kappa shape index (κ2) is 6.55. The van der Waals surface area contributed by atoms with Gasteiger partial charge in [0.25, 0.3) is 5.91 Å². The Labute approximate surface area is 152 Å². The average molecular weight is 377 g/mol. The minimum absolute atomic E-state index is 0.0273. The molecular weight excluding hydrogens is 354 g/mol. The monoisotopic (exact) mass is 377 g/mol. The largest absolute Gasteiger partial charge is 0.336 e. The van der Waals surface area contributed by atoms with Gasteiger partial charge in [-0.05, 0) is 18.6 Å². The number of aryl methyl sites for hydroxylation is 1. The van der Waals surface area contributed by atoms with Gasteiger partial charge in [-0.2, -0.15) is 5.10 Å². The first-order valence-corrected chi connectivity index (χ1v) is 10.7. The Hall–Kier alpha value is -2.13. The number of carbonyl (C=O) groups is 1. The van der Waals surface area contributed by atoms with Crippen molar-refractivity contribution in [1.29, 1.82) is 0 Å². The van der Waals surface area contributed by atoms with E-state index in [1.807, 2.05) is 41.0 Å². The lowest BCUT2D eigenvalue weighted by atomic mass is 10.1. The van der Waals surface area contributed by atoms with Crippen LogP contribution < -0.4 is 0 Å². The fraction of sp³-hybridized carbons (Fsp3) is 0.529. The lowest BCUT2D eigenvalue weighted by molar-refractivity contribution is 0.0587. The molecule has 1 atom stereocenters. The van der Waals surface area contributed by atoms with Gasteiger partial charge in [0.15, 0.2) is 9.84 Å². The maximum atomic E-state index is 13.0.